The third-order valence-corrected chi connectivity index (χ3v) is 4.11. The van der Waals surface area contributed by atoms with E-state index in [4.69, 9.17) is 0 Å². The minimum atomic E-state index is -2.86. The van der Waals surface area contributed by atoms with Crippen LogP contribution in [-0.2, 0) is 6.54 Å². The van der Waals surface area contributed by atoms with E-state index in [0.29, 0.717) is 24.6 Å². The maximum Gasteiger partial charge on any atom is 0.387 e. The fraction of sp³-hybridized carbons (Fsp3) is 0.588. The van der Waals surface area contributed by atoms with Gasteiger partial charge in [0.05, 0.1) is 13.2 Å². The molecule has 0 bridgehead atoms. The maximum absolute atomic E-state index is 12.5. The first-order valence-corrected chi connectivity index (χ1v) is 8.15. The number of nitrogens with one attached hydrogen (secondary N) is 2. The molecule has 3 N–H and O–H groups in total. The molecule has 1 aromatic carbocycles. The lowest BCUT2D eigenvalue weighted by atomic mass is 10.1. The monoisotopic (exact) mass is 341 g/mol. The zero-order chi connectivity index (χ0) is 17.6. The zero-order valence-corrected chi connectivity index (χ0v) is 14.1. The van der Waals surface area contributed by atoms with E-state index >= 15 is 0 Å². The summed E-state index contributed by atoms with van der Waals surface area (Å²) in [5, 5.41) is 15.7. The molecule has 0 saturated heterocycles. The van der Waals surface area contributed by atoms with Crippen LogP contribution >= 0.6 is 0 Å². The number of rotatable bonds is 8. The van der Waals surface area contributed by atoms with E-state index in [1.165, 1.54) is 6.07 Å². The van der Waals surface area contributed by atoms with Crippen molar-refractivity contribution in [1.82, 2.24) is 10.6 Å². The number of nitrogens with zero attached hydrogens (tertiary/aromatic N) is 1. The number of hydrogen-bond donors (Lipinski definition) is 3. The molecule has 1 aromatic rings. The van der Waals surface area contributed by atoms with Gasteiger partial charge in [-0.1, -0.05) is 17.7 Å². The molecule has 1 aliphatic rings. The van der Waals surface area contributed by atoms with Crippen molar-refractivity contribution in [3.63, 3.8) is 0 Å². The molecular formula is C17H25F2N3O2. The number of benzene rings is 1. The fourth-order valence-corrected chi connectivity index (χ4v) is 2.39. The van der Waals surface area contributed by atoms with Crippen LogP contribution in [0.25, 0.3) is 0 Å². The Morgan fingerprint density at radius 3 is 2.71 bits per heavy atom. The van der Waals surface area contributed by atoms with E-state index in [1.54, 1.807) is 12.1 Å². The van der Waals surface area contributed by atoms with Crippen LogP contribution < -0.4 is 15.4 Å². The Balaban J connectivity index is 2.05. The molecule has 0 heterocycles. The highest BCUT2D eigenvalue weighted by Gasteiger charge is 2.41. The minimum absolute atomic E-state index is 0.0382. The molecule has 1 saturated carbocycles. The molecule has 5 nitrogen and oxygen atoms in total. The summed E-state index contributed by atoms with van der Waals surface area (Å²) in [5.74, 6) is 0.742. The van der Waals surface area contributed by atoms with Gasteiger partial charge in [-0.15, -0.1) is 0 Å². The van der Waals surface area contributed by atoms with E-state index in [1.807, 2.05) is 13.8 Å². The van der Waals surface area contributed by atoms with Crippen molar-refractivity contribution in [2.24, 2.45) is 10.4 Å². The van der Waals surface area contributed by atoms with Crippen LogP contribution in [0.15, 0.2) is 23.2 Å². The first-order chi connectivity index (χ1) is 11.5. The molecule has 0 unspecified atom stereocenters. The summed E-state index contributed by atoms with van der Waals surface area (Å²) < 4.78 is 29.6. The highest BCUT2D eigenvalue weighted by molar-refractivity contribution is 5.79. The SMILES string of the molecule is CCNC(=NCc1cc(C)ccc1OC(F)F)NCC1(CO)CC1. The van der Waals surface area contributed by atoms with E-state index < -0.39 is 6.61 Å². The number of hydrogen-bond acceptors (Lipinski definition) is 3. The lowest BCUT2D eigenvalue weighted by Gasteiger charge is -2.16. The van der Waals surface area contributed by atoms with Gasteiger partial charge in [0.2, 0.25) is 0 Å². The summed E-state index contributed by atoms with van der Waals surface area (Å²) in [4.78, 5) is 4.45. The third-order valence-electron chi connectivity index (χ3n) is 4.11. The molecular weight excluding hydrogens is 316 g/mol. The van der Waals surface area contributed by atoms with Crippen LogP contribution in [-0.4, -0.2) is 37.4 Å². The van der Waals surface area contributed by atoms with Crippen LogP contribution in [0, 0.1) is 12.3 Å². The third kappa shape index (κ3) is 5.33. The molecule has 0 aromatic heterocycles. The van der Waals surface area contributed by atoms with Crippen molar-refractivity contribution >= 4 is 5.96 Å². The molecule has 0 aliphatic heterocycles. The van der Waals surface area contributed by atoms with Gasteiger partial charge in [0.15, 0.2) is 5.96 Å². The second-order valence-electron chi connectivity index (χ2n) is 6.20. The minimum Gasteiger partial charge on any atom is -0.434 e. The number of guanidine groups is 1. The number of aliphatic hydroxyl groups is 1. The summed E-state index contributed by atoms with van der Waals surface area (Å²) in [5.41, 5.74) is 1.52. The van der Waals surface area contributed by atoms with Gasteiger partial charge in [0.1, 0.15) is 5.75 Å². The predicted octanol–water partition coefficient (Wildman–Crippen LogP) is 2.42. The van der Waals surface area contributed by atoms with Gasteiger partial charge in [0.25, 0.3) is 0 Å². The quantitative estimate of drug-likeness (QED) is 0.502. The lowest BCUT2D eigenvalue weighted by molar-refractivity contribution is -0.0504. The standard InChI is InChI=1S/C17H25F2N3O2/c1-3-20-16(22-10-17(11-23)6-7-17)21-9-13-8-12(2)4-5-14(13)24-15(18)19/h4-5,8,15,23H,3,6-7,9-11H2,1-2H3,(H2,20,21,22). The Kier molecular flexibility index (Phi) is 6.36. The first kappa shape index (κ1) is 18.4. The molecule has 0 radical (unpaired) electrons. The molecule has 134 valence electrons. The summed E-state index contributed by atoms with van der Waals surface area (Å²) in [6.45, 7) is 2.70. The van der Waals surface area contributed by atoms with Crippen LogP contribution in [0.2, 0.25) is 0 Å². The normalized spacial score (nSPS) is 16.2. The zero-order valence-electron chi connectivity index (χ0n) is 14.1. The van der Waals surface area contributed by atoms with Gasteiger partial charge in [-0.05, 0) is 32.8 Å². The molecule has 0 atom stereocenters. The Hall–Kier alpha value is -1.89. The summed E-state index contributed by atoms with van der Waals surface area (Å²) in [6, 6.07) is 5.06. The molecule has 2 rings (SSSR count). The van der Waals surface area contributed by atoms with Crippen LogP contribution in [0.1, 0.15) is 30.9 Å². The molecule has 7 heteroatoms. The maximum atomic E-state index is 12.5. The smallest absolute Gasteiger partial charge is 0.387 e. The van der Waals surface area contributed by atoms with Crippen molar-refractivity contribution in [2.75, 3.05) is 19.7 Å². The average molecular weight is 341 g/mol. The van der Waals surface area contributed by atoms with Crippen LogP contribution in [0.5, 0.6) is 5.75 Å². The van der Waals surface area contributed by atoms with Crippen molar-refractivity contribution in [2.45, 2.75) is 39.8 Å². The van der Waals surface area contributed by atoms with Crippen molar-refractivity contribution < 1.29 is 18.6 Å². The van der Waals surface area contributed by atoms with Crippen LogP contribution in [0.4, 0.5) is 8.78 Å². The van der Waals surface area contributed by atoms with Gasteiger partial charge < -0.3 is 20.5 Å². The molecule has 1 fully saturated rings. The summed E-state index contributed by atoms with van der Waals surface area (Å²) in [6.07, 6.45) is 2.00. The Bertz CT molecular complexity index is 575. The average Bonchev–Trinajstić information content (AvgIpc) is 3.32. The Morgan fingerprint density at radius 1 is 1.38 bits per heavy atom. The van der Waals surface area contributed by atoms with Gasteiger partial charge in [0, 0.05) is 24.1 Å². The number of aliphatic imine (C=N–C) groups is 1. The van der Waals surface area contributed by atoms with Gasteiger partial charge >= 0.3 is 6.61 Å². The van der Waals surface area contributed by atoms with Gasteiger partial charge in [-0.25, -0.2) is 4.99 Å². The van der Waals surface area contributed by atoms with Gasteiger partial charge in [-0.2, -0.15) is 8.78 Å². The highest BCUT2D eigenvalue weighted by Crippen LogP contribution is 2.44. The summed E-state index contributed by atoms with van der Waals surface area (Å²) >= 11 is 0. The number of halogens is 2. The number of aryl methyl sites for hydroxylation is 1. The second-order valence-corrected chi connectivity index (χ2v) is 6.20. The van der Waals surface area contributed by atoms with E-state index in [9.17, 15) is 13.9 Å². The summed E-state index contributed by atoms with van der Waals surface area (Å²) in [7, 11) is 0. The van der Waals surface area contributed by atoms with E-state index in [0.717, 1.165) is 18.4 Å². The first-order valence-electron chi connectivity index (χ1n) is 8.15. The van der Waals surface area contributed by atoms with E-state index in [-0.39, 0.29) is 24.3 Å². The largest absolute Gasteiger partial charge is 0.434 e. The Labute approximate surface area is 141 Å². The number of alkyl halides is 2. The Morgan fingerprint density at radius 2 is 2.12 bits per heavy atom. The van der Waals surface area contributed by atoms with Crippen LogP contribution in [0.3, 0.4) is 0 Å². The molecule has 0 spiro atoms. The van der Waals surface area contributed by atoms with E-state index in [2.05, 4.69) is 20.4 Å². The second kappa shape index (κ2) is 8.28. The van der Waals surface area contributed by atoms with Crippen molar-refractivity contribution in [3.8, 4) is 5.75 Å². The lowest BCUT2D eigenvalue weighted by Crippen LogP contribution is -2.41. The topological polar surface area (TPSA) is 65.9 Å². The molecule has 1 aliphatic carbocycles. The fourth-order valence-electron chi connectivity index (χ4n) is 2.39. The molecule has 24 heavy (non-hydrogen) atoms. The van der Waals surface area contributed by atoms with Crippen molar-refractivity contribution in [3.05, 3.63) is 29.3 Å². The van der Waals surface area contributed by atoms with Crippen molar-refractivity contribution in [1.29, 1.82) is 0 Å². The van der Waals surface area contributed by atoms with Gasteiger partial charge in [-0.3, -0.25) is 0 Å². The number of ether oxygens (including phenoxy) is 1. The molecule has 0 amide bonds. The predicted molar refractivity (Wildman–Crippen MR) is 89.4 cm³/mol. The highest BCUT2D eigenvalue weighted by atomic mass is 19.3. The number of aliphatic hydroxyl groups excluding tert-OH is 1.